The second-order valence-corrected chi connectivity index (χ2v) is 6.83. The number of guanidine groups is 1. The number of carbonyl (C=O) groups is 1. The normalized spacial score (nSPS) is 14.2. The van der Waals surface area contributed by atoms with E-state index in [1.54, 1.807) is 0 Å². The molecule has 26 heavy (non-hydrogen) atoms. The first-order valence-corrected chi connectivity index (χ1v) is 9.15. The van der Waals surface area contributed by atoms with E-state index in [0.29, 0.717) is 24.9 Å². The largest absolute Gasteiger partial charge is 0.357 e. The molecule has 1 aromatic rings. The van der Waals surface area contributed by atoms with Crippen molar-refractivity contribution in [3.63, 3.8) is 0 Å². The number of hydrogen-bond acceptors (Lipinski definition) is 2. The summed E-state index contributed by atoms with van der Waals surface area (Å²) in [6, 6.07) is 8.32. The number of aliphatic imine (C=N–C) groups is 1. The fraction of sp³-hybridized carbons (Fsp3) is 0.500. The van der Waals surface area contributed by atoms with E-state index in [4.69, 9.17) is 0 Å². The van der Waals surface area contributed by atoms with Gasteiger partial charge in [0.05, 0.1) is 6.54 Å². The zero-order valence-corrected chi connectivity index (χ0v) is 18.2. The monoisotopic (exact) mass is 470 g/mol. The van der Waals surface area contributed by atoms with Gasteiger partial charge in [-0.05, 0) is 43.4 Å². The summed E-state index contributed by atoms with van der Waals surface area (Å²) in [4.78, 5) is 16.6. The van der Waals surface area contributed by atoms with Crippen molar-refractivity contribution in [2.75, 3.05) is 11.9 Å². The maximum absolute atomic E-state index is 11.9. The van der Waals surface area contributed by atoms with Crippen LogP contribution in [0.25, 0.3) is 0 Å². The quantitative estimate of drug-likeness (QED) is 0.244. The van der Waals surface area contributed by atoms with Gasteiger partial charge in [-0.1, -0.05) is 38.1 Å². The van der Waals surface area contributed by atoms with Crippen molar-refractivity contribution in [3.8, 4) is 0 Å². The lowest BCUT2D eigenvalue weighted by atomic mass is 10.1. The molecule has 0 heterocycles. The predicted octanol–water partition coefficient (Wildman–Crippen LogP) is 4.06. The number of nitrogens with zero attached hydrogens (tertiary/aromatic N) is 1. The van der Waals surface area contributed by atoms with Gasteiger partial charge >= 0.3 is 0 Å². The second kappa shape index (κ2) is 11.9. The average molecular weight is 470 g/mol. The van der Waals surface area contributed by atoms with Gasteiger partial charge in [-0.3, -0.25) is 4.79 Å². The van der Waals surface area contributed by atoms with Crippen molar-refractivity contribution in [2.45, 2.75) is 52.6 Å². The molecule has 6 heteroatoms. The molecule has 1 amide bonds. The molecule has 0 aromatic heterocycles. The molecule has 0 saturated heterocycles. The molecule has 1 aliphatic carbocycles. The van der Waals surface area contributed by atoms with Crippen LogP contribution in [-0.4, -0.2) is 24.5 Å². The smallest absolute Gasteiger partial charge is 0.224 e. The third kappa shape index (κ3) is 8.21. The minimum atomic E-state index is 0. The van der Waals surface area contributed by atoms with Gasteiger partial charge in [-0.15, -0.1) is 24.0 Å². The molecule has 0 spiro atoms. The standard InChI is InChI=1S/C20H30N4O.HI/c1-4-21-20(24-17-9-5-6-10-17)22-14-16-8-7-11-18(13-16)23-19(25)12-15(2)3;/h5-8,11,13,15,17H,4,9-10,12,14H2,1-3H3,(H,23,25)(H2,21,22,24);1H. The van der Waals surface area contributed by atoms with Crippen molar-refractivity contribution in [2.24, 2.45) is 10.9 Å². The summed E-state index contributed by atoms with van der Waals surface area (Å²) in [6.45, 7) is 7.55. The van der Waals surface area contributed by atoms with Crippen LogP contribution < -0.4 is 16.0 Å². The van der Waals surface area contributed by atoms with Gasteiger partial charge in [0, 0.05) is 24.7 Å². The minimum absolute atomic E-state index is 0. The predicted molar refractivity (Wildman–Crippen MR) is 120 cm³/mol. The Morgan fingerprint density at radius 2 is 2.00 bits per heavy atom. The molecule has 5 nitrogen and oxygen atoms in total. The summed E-state index contributed by atoms with van der Waals surface area (Å²) < 4.78 is 0. The van der Waals surface area contributed by atoms with E-state index in [9.17, 15) is 4.79 Å². The third-order valence-electron chi connectivity index (χ3n) is 3.92. The maximum Gasteiger partial charge on any atom is 0.224 e. The Morgan fingerprint density at radius 3 is 2.65 bits per heavy atom. The van der Waals surface area contributed by atoms with Crippen LogP contribution in [0.5, 0.6) is 0 Å². The topological polar surface area (TPSA) is 65.5 Å². The molecule has 0 fully saturated rings. The summed E-state index contributed by atoms with van der Waals surface area (Å²) >= 11 is 0. The van der Waals surface area contributed by atoms with E-state index >= 15 is 0 Å². The molecule has 2 rings (SSSR count). The van der Waals surface area contributed by atoms with Crippen molar-refractivity contribution in [1.29, 1.82) is 0 Å². The number of nitrogens with one attached hydrogen (secondary N) is 3. The van der Waals surface area contributed by atoms with Crippen LogP contribution in [0.3, 0.4) is 0 Å². The number of amides is 1. The first-order valence-electron chi connectivity index (χ1n) is 9.15. The van der Waals surface area contributed by atoms with Crippen molar-refractivity contribution >= 4 is 41.5 Å². The Bertz CT molecular complexity index is 620. The number of halogens is 1. The van der Waals surface area contributed by atoms with Crippen LogP contribution in [0.15, 0.2) is 41.4 Å². The van der Waals surface area contributed by atoms with Gasteiger partial charge in [0.2, 0.25) is 5.91 Å². The highest BCUT2D eigenvalue weighted by molar-refractivity contribution is 14.0. The fourth-order valence-electron chi connectivity index (χ4n) is 2.75. The number of benzene rings is 1. The van der Waals surface area contributed by atoms with Crippen LogP contribution in [0.2, 0.25) is 0 Å². The Morgan fingerprint density at radius 1 is 1.27 bits per heavy atom. The molecular weight excluding hydrogens is 439 g/mol. The molecule has 3 N–H and O–H groups in total. The SMILES string of the molecule is CCNC(=NCc1cccc(NC(=O)CC(C)C)c1)NC1CC=CC1.I. The first kappa shape index (κ1) is 22.5. The molecule has 144 valence electrons. The van der Waals surface area contributed by atoms with Gasteiger partial charge in [-0.2, -0.15) is 0 Å². The molecule has 0 bridgehead atoms. The molecular formula is C20H31IN4O. The van der Waals surface area contributed by atoms with E-state index in [1.165, 1.54) is 0 Å². The van der Waals surface area contributed by atoms with Crippen LogP contribution in [0.1, 0.15) is 45.6 Å². The van der Waals surface area contributed by atoms with Crippen molar-refractivity contribution in [1.82, 2.24) is 10.6 Å². The Hall–Kier alpha value is -1.57. The third-order valence-corrected chi connectivity index (χ3v) is 3.92. The van der Waals surface area contributed by atoms with Crippen molar-refractivity contribution in [3.05, 3.63) is 42.0 Å². The van der Waals surface area contributed by atoms with Gasteiger partial charge in [-0.25, -0.2) is 4.99 Å². The van der Waals surface area contributed by atoms with Crippen LogP contribution in [0.4, 0.5) is 5.69 Å². The molecule has 0 saturated carbocycles. The zero-order chi connectivity index (χ0) is 18.1. The Labute approximate surface area is 174 Å². The first-order chi connectivity index (χ1) is 12.1. The molecule has 0 radical (unpaired) electrons. The lowest BCUT2D eigenvalue weighted by Gasteiger charge is -2.16. The highest BCUT2D eigenvalue weighted by Crippen LogP contribution is 2.13. The number of rotatable bonds is 7. The molecule has 1 aliphatic rings. The number of hydrogen-bond donors (Lipinski definition) is 3. The summed E-state index contributed by atoms with van der Waals surface area (Å²) in [6.07, 6.45) is 7.02. The molecule has 0 aliphatic heterocycles. The molecule has 0 atom stereocenters. The van der Waals surface area contributed by atoms with E-state index in [2.05, 4.69) is 40.0 Å². The number of anilines is 1. The summed E-state index contributed by atoms with van der Waals surface area (Å²) in [7, 11) is 0. The Balaban J connectivity index is 0.00000338. The van der Waals surface area contributed by atoms with Gasteiger partial charge in [0.15, 0.2) is 5.96 Å². The molecule has 0 unspecified atom stereocenters. The van der Waals surface area contributed by atoms with Crippen LogP contribution >= 0.6 is 24.0 Å². The zero-order valence-electron chi connectivity index (χ0n) is 15.9. The van der Waals surface area contributed by atoms with Crippen LogP contribution in [0, 0.1) is 5.92 Å². The summed E-state index contributed by atoms with van der Waals surface area (Å²) in [5, 5.41) is 9.71. The highest BCUT2D eigenvalue weighted by Gasteiger charge is 2.11. The average Bonchev–Trinajstić information content (AvgIpc) is 3.05. The van der Waals surface area contributed by atoms with Gasteiger partial charge in [0.25, 0.3) is 0 Å². The van der Waals surface area contributed by atoms with Crippen LogP contribution in [-0.2, 0) is 11.3 Å². The van der Waals surface area contributed by atoms with E-state index < -0.39 is 0 Å². The maximum atomic E-state index is 11.9. The number of carbonyl (C=O) groups excluding carboxylic acids is 1. The highest BCUT2D eigenvalue weighted by atomic mass is 127. The Kier molecular flexibility index (Phi) is 10.3. The minimum Gasteiger partial charge on any atom is -0.357 e. The summed E-state index contributed by atoms with van der Waals surface area (Å²) in [5.74, 6) is 1.25. The van der Waals surface area contributed by atoms with Gasteiger partial charge < -0.3 is 16.0 Å². The second-order valence-electron chi connectivity index (χ2n) is 6.83. The molecule has 1 aromatic carbocycles. The lowest BCUT2D eigenvalue weighted by molar-refractivity contribution is -0.116. The van der Waals surface area contributed by atoms with E-state index in [0.717, 1.165) is 36.6 Å². The van der Waals surface area contributed by atoms with Crippen molar-refractivity contribution < 1.29 is 4.79 Å². The lowest BCUT2D eigenvalue weighted by Crippen LogP contribution is -2.42. The van der Waals surface area contributed by atoms with E-state index in [-0.39, 0.29) is 29.9 Å². The summed E-state index contributed by atoms with van der Waals surface area (Å²) in [5.41, 5.74) is 1.90. The van der Waals surface area contributed by atoms with E-state index in [1.807, 2.05) is 38.1 Å². The fourth-order valence-corrected chi connectivity index (χ4v) is 2.75. The van der Waals surface area contributed by atoms with Gasteiger partial charge in [0.1, 0.15) is 0 Å².